The highest BCUT2D eigenvalue weighted by Crippen LogP contribution is 2.30. The predicted molar refractivity (Wildman–Crippen MR) is 81.7 cm³/mol. The third-order valence-electron chi connectivity index (χ3n) is 5.69. The van der Waals surface area contributed by atoms with Crippen molar-refractivity contribution in [3.8, 4) is 0 Å². The smallest absolute Gasteiger partial charge is 0.247 e. The van der Waals surface area contributed by atoms with E-state index in [4.69, 9.17) is 0 Å². The number of imide groups is 1. The van der Waals surface area contributed by atoms with Gasteiger partial charge in [-0.2, -0.15) is 0 Å². The van der Waals surface area contributed by atoms with Gasteiger partial charge < -0.3 is 5.32 Å². The molecule has 0 bridgehead atoms. The van der Waals surface area contributed by atoms with E-state index in [1.165, 1.54) is 32.1 Å². The fraction of sp³-hybridized carbons (Fsp3) is 0.882. The molecule has 2 aliphatic carbocycles. The summed E-state index contributed by atoms with van der Waals surface area (Å²) in [6.45, 7) is 2.19. The lowest BCUT2D eigenvalue weighted by atomic mass is 9.84. The Hall–Kier alpha value is -0.900. The second-order valence-corrected chi connectivity index (χ2v) is 7.15. The molecule has 2 unspecified atom stereocenters. The average molecular weight is 292 g/mol. The van der Waals surface area contributed by atoms with Crippen LogP contribution in [-0.4, -0.2) is 34.8 Å². The number of carbonyl (C=O) groups excluding carboxylic acids is 2. The van der Waals surface area contributed by atoms with Crippen LogP contribution in [0.4, 0.5) is 0 Å². The molecule has 0 spiro atoms. The Morgan fingerprint density at radius 3 is 2.29 bits per heavy atom. The van der Waals surface area contributed by atoms with Crippen LogP contribution in [0.15, 0.2) is 0 Å². The van der Waals surface area contributed by atoms with Crippen molar-refractivity contribution in [1.82, 2.24) is 10.2 Å². The minimum Gasteiger partial charge on any atom is -0.303 e. The van der Waals surface area contributed by atoms with Crippen molar-refractivity contribution in [1.29, 1.82) is 0 Å². The molecule has 0 aromatic carbocycles. The molecule has 1 N–H and O–H groups in total. The van der Waals surface area contributed by atoms with Crippen LogP contribution < -0.4 is 5.32 Å². The van der Waals surface area contributed by atoms with Crippen LogP contribution in [0.25, 0.3) is 0 Å². The molecule has 0 aromatic rings. The Morgan fingerprint density at radius 1 is 1.00 bits per heavy atom. The SMILES string of the molecule is CC(NC1CC(=O)N(C2CCCC2)C1=O)C1CCCCC1. The van der Waals surface area contributed by atoms with Crippen LogP contribution in [-0.2, 0) is 9.59 Å². The molecule has 1 heterocycles. The first-order valence-electron chi connectivity index (χ1n) is 8.79. The van der Waals surface area contributed by atoms with Gasteiger partial charge in [0.2, 0.25) is 11.8 Å². The van der Waals surface area contributed by atoms with Crippen LogP contribution in [0, 0.1) is 5.92 Å². The lowest BCUT2D eigenvalue weighted by Crippen LogP contribution is -2.47. The van der Waals surface area contributed by atoms with Crippen LogP contribution in [0.2, 0.25) is 0 Å². The van der Waals surface area contributed by atoms with Crippen molar-refractivity contribution >= 4 is 11.8 Å². The number of hydrogen-bond acceptors (Lipinski definition) is 3. The topological polar surface area (TPSA) is 49.4 Å². The number of amides is 2. The monoisotopic (exact) mass is 292 g/mol. The summed E-state index contributed by atoms with van der Waals surface area (Å²) in [7, 11) is 0. The molecule has 3 rings (SSSR count). The second-order valence-electron chi connectivity index (χ2n) is 7.15. The first kappa shape index (κ1) is 15.0. The molecule has 0 aromatic heterocycles. The zero-order valence-electron chi connectivity index (χ0n) is 13.1. The Kier molecular flexibility index (Phi) is 4.63. The van der Waals surface area contributed by atoms with Crippen molar-refractivity contribution in [2.24, 2.45) is 5.92 Å². The van der Waals surface area contributed by atoms with Crippen LogP contribution >= 0.6 is 0 Å². The quantitative estimate of drug-likeness (QED) is 0.810. The summed E-state index contributed by atoms with van der Waals surface area (Å²) in [6, 6.07) is 0.257. The highest BCUT2D eigenvalue weighted by atomic mass is 16.2. The molecule has 2 saturated carbocycles. The lowest BCUT2D eigenvalue weighted by Gasteiger charge is -2.30. The summed E-state index contributed by atoms with van der Waals surface area (Å²) in [4.78, 5) is 26.4. The fourth-order valence-corrected chi connectivity index (χ4v) is 4.41. The first-order chi connectivity index (χ1) is 10.2. The first-order valence-corrected chi connectivity index (χ1v) is 8.79. The van der Waals surface area contributed by atoms with E-state index < -0.39 is 0 Å². The number of rotatable bonds is 4. The summed E-state index contributed by atoms with van der Waals surface area (Å²) < 4.78 is 0. The van der Waals surface area contributed by atoms with Gasteiger partial charge in [0.05, 0.1) is 12.5 Å². The molecule has 1 saturated heterocycles. The summed E-state index contributed by atoms with van der Waals surface area (Å²) in [5.41, 5.74) is 0. The van der Waals surface area contributed by atoms with Gasteiger partial charge in [0, 0.05) is 12.1 Å². The maximum Gasteiger partial charge on any atom is 0.247 e. The van der Waals surface area contributed by atoms with E-state index >= 15 is 0 Å². The van der Waals surface area contributed by atoms with Crippen molar-refractivity contribution in [2.75, 3.05) is 0 Å². The number of nitrogens with zero attached hydrogens (tertiary/aromatic N) is 1. The average Bonchev–Trinajstić information content (AvgIpc) is 3.09. The number of likely N-dealkylation sites (tertiary alicyclic amines) is 1. The molecule has 1 aliphatic heterocycles. The third-order valence-corrected chi connectivity index (χ3v) is 5.69. The summed E-state index contributed by atoms with van der Waals surface area (Å²) in [5.74, 6) is 0.747. The van der Waals surface area contributed by atoms with Gasteiger partial charge in [0.1, 0.15) is 0 Å². The van der Waals surface area contributed by atoms with Gasteiger partial charge in [-0.05, 0) is 38.5 Å². The van der Waals surface area contributed by atoms with E-state index in [1.54, 1.807) is 4.90 Å². The summed E-state index contributed by atoms with van der Waals surface area (Å²) in [6.07, 6.45) is 11.2. The summed E-state index contributed by atoms with van der Waals surface area (Å²) >= 11 is 0. The molecular weight excluding hydrogens is 264 g/mol. The van der Waals surface area contributed by atoms with Crippen LogP contribution in [0.5, 0.6) is 0 Å². The van der Waals surface area contributed by atoms with Crippen molar-refractivity contribution in [3.05, 3.63) is 0 Å². The van der Waals surface area contributed by atoms with E-state index in [-0.39, 0.29) is 23.9 Å². The third kappa shape index (κ3) is 3.15. The number of hydrogen-bond donors (Lipinski definition) is 1. The maximum absolute atomic E-state index is 12.6. The Balaban J connectivity index is 1.58. The highest BCUT2D eigenvalue weighted by molar-refractivity contribution is 6.05. The lowest BCUT2D eigenvalue weighted by molar-refractivity contribution is -0.141. The predicted octanol–water partition coefficient (Wildman–Crippen LogP) is 2.61. The zero-order chi connectivity index (χ0) is 14.8. The van der Waals surface area contributed by atoms with Gasteiger partial charge >= 0.3 is 0 Å². The van der Waals surface area contributed by atoms with Crippen LogP contribution in [0.3, 0.4) is 0 Å². The molecule has 21 heavy (non-hydrogen) atoms. The molecule has 0 radical (unpaired) electrons. The van der Waals surface area contributed by atoms with Gasteiger partial charge in [-0.1, -0.05) is 32.1 Å². The Morgan fingerprint density at radius 2 is 1.62 bits per heavy atom. The van der Waals surface area contributed by atoms with Crippen molar-refractivity contribution in [2.45, 2.75) is 89.3 Å². The largest absolute Gasteiger partial charge is 0.303 e. The van der Waals surface area contributed by atoms with E-state index in [1.807, 2.05) is 0 Å². The second kappa shape index (κ2) is 6.47. The molecule has 2 atom stereocenters. The highest BCUT2D eigenvalue weighted by Gasteiger charge is 2.43. The van der Waals surface area contributed by atoms with Gasteiger partial charge in [-0.3, -0.25) is 14.5 Å². The minimum absolute atomic E-state index is 0.0366. The van der Waals surface area contributed by atoms with Gasteiger partial charge in [0.25, 0.3) is 0 Å². The molecule has 4 heteroatoms. The van der Waals surface area contributed by atoms with Gasteiger partial charge in [-0.25, -0.2) is 0 Å². The minimum atomic E-state index is -0.268. The molecule has 3 fully saturated rings. The maximum atomic E-state index is 12.6. The Labute approximate surface area is 127 Å². The standard InChI is InChI=1S/C17H28N2O2/c1-12(13-7-3-2-4-8-13)18-15-11-16(20)19(17(15)21)14-9-5-6-10-14/h12-15,18H,2-11H2,1H3. The normalized spacial score (nSPS) is 30.3. The zero-order valence-corrected chi connectivity index (χ0v) is 13.1. The molecule has 3 aliphatic rings. The van der Waals surface area contributed by atoms with Gasteiger partial charge in [0.15, 0.2) is 0 Å². The molecule has 2 amide bonds. The van der Waals surface area contributed by atoms with Crippen LogP contribution in [0.1, 0.15) is 71.1 Å². The van der Waals surface area contributed by atoms with Crippen molar-refractivity contribution < 1.29 is 9.59 Å². The Bertz CT molecular complexity index is 398. The molecule has 118 valence electrons. The van der Waals surface area contributed by atoms with E-state index in [0.29, 0.717) is 18.4 Å². The number of nitrogens with one attached hydrogen (secondary N) is 1. The van der Waals surface area contributed by atoms with Gasteiger partial charge in [-0.15, -0.1) is 0 Å². The molecule has 4 nitrogen and oxygen atoms in total. The fourth-order valence-electron chi connectivity index (χ4n) is 4.41. The summed E-state index contributed by atoms with van der Waals surface area (Å²) in [5, 5.41) is 3.47. The van der Waals surface area contributed by atoms with E-state index in [9.17, 15) is 9.59 Å². The van der Waals surface area contributed by atoms with Crippen molar-refractivity contribution in [3.63, 3.8) is 0 Å². The molecular formula is C17H28N2O2. The number of carbonyl (C=O) groups is 2. The van der Waals surface area contributed by atoms with E-state index in [2.05, 4.69) is 12.2 Å². The van der Waals surface area contributed by atoms with E-state index in [0.717, 1.165) is 25.7 Å².